The Bertz CT molecular complexity index is 1340. The summed E-state index contributed by atoms with van der Waals surface area (Å²) < 4.78 is 41.8. The molecule has 0 spiro atoms. The Labute approximate surface area is 161 Å². The van der Waals surface area contributed by atoms with E-state index in [1.165, 1.54) is 46.5 Å². The van der Waals surface area contributed by atoms with Crippen LogP contribution in [-0.2, 0) is 13.2 Å². The number of carbonyl (C=O) groups excluding carboxylic acids is 1. The van der Waals surface area contributed by atoms with Gasteiger partial charge in [-0.3, -0.25) is 19.1 Å². The second-order valence-corrected chi connectivity index (χ2v) is 6.40. The molecule has 0 atom stereocenters. The molecule has 4 rings (SSSR count). The lowest BCUT2D eigenvalue weighted by Crippen LogP contribution is -2.21. The highest BCUT2D eigenvalue weighted by atomic mass is 19.4. The lowest BCUT2D eigenvalue weighted by atomic mass is 10.1. The van der Waals surface area contributed by atoms with E-state index in [0.29, 0.717) is 22.1 Å². The molecule has 0 bridgehead atoms. The molecule has 0 saturated carbocycles. The third-order valence-corrected chi connectivity index (χ3v) is 4.63. The highest BCUT2D eigenvalue weighted by Crippen LogP contribution is 2.30. The van der Waals surface area contributed by atoms with Crippen LogP contribution in [0.5, 0.6) is 0 Å². The number of halogens is 3. The Morgan fingerprint density at radius 2 is 1.90 bits per heavy atom. The van der Waals surface area contributed by atoms with Crippen LogP contribution in [-0.4, -0.2) is 32.1 Å². The summed E-state index contributed by atoms with van der Waals surface area (Å²) in [6.07, 6.45) is -3.53. The van der Waals surface area contributed by atoms with E-state index in [0.717, 1.165) is 12.3 Å². The molecule has 148 valence electrons. The average Bonchev–Trinajstić information content (AvgIpc) is 3.16. The van der Waals surface area contributed by atoms with Gasteiger partial charge in [0.15, 0.2) is 0 Å². The summed E-state index contributed by atoms with van der Waals surface area (Å²) in [6.45, 7) is 0. The van der Waals surface area contributed by atoms with Crippen LogP contribution in [0.1, 0.15) is 16.1 Å². The molecule has 0 saturated heterocycles. The van der Waals surface area contributed by atoms with Crippen molar-refractivity contribution in [3.63, 3.8) is 0 Å². The summed E-state index contributed by atoms with van der Waals surface area (Å²) in [6, 6.07) is 8.40. The van der Waals surface area contributed by atoms with Crippen molar-refractivity contribution in [1.29, 1.82) is 0 Å². The zero-order valence-electron chi connectivity index (χ0n) is 15.3. The maximum atomic E-state index is 13.0. The quantitative estimate of drug-likeness (QED) is 0.560. The van der Waals surface area contributed by atoms with Gasteiger partial charge in [-0.15, -0.1) is 0 Å². The number of pyridine rings is 1. The van der Waals surface area contributed by atoms with Crippen molar-refractivity contribution >= 4 is 22.5 Å². The largest absolute Gasteiger partial charge is 0.433 e. The maximum Gasteiger partial charge on any atom is 0.433 e. The van der Waals surface area contributed by atoms with Gasteiger partial charge in [-0.05, 0) is 30.3 Å². The molecule has 10 heteroatoms. The predicted octanol–water partition coefficient (Wildman–Crippen LogP) is 2.63. The Kier molecular flexibility index (Phi) is 4.14. The number of hydrogen-bond donors (Lipinski definition) is 1. The summed E-state index contributed by atoms with van der Waals surface area (Å²) >= 11 is 0. The molecule has 0 unspecified atom stereocenters. The van der Waals surface area contributed by atoms with Crippen LogP contribution in [0.25, 0.3) is 27.8 Å². The van der Waals surface area contributed by atoms with Crippen molar-refractivity contribution < 1.29 is 18.0 Å². The Balaban J connectivity index is 2.00. The first-order valence-electron chi connectivity index (χ1n) is 8.49. The van der Waals surface area contributed by atoms with E-state index < -0.39 is 11.9 Å². The molecule has 0 aliphatic rings. The molecule has 3 aromatic heterocycles. The molecular formula is C19H14F3N5O2. The summed E-state index contributed by atoms with van der Waals surface area (Å²) in [5.41, 5.74) is 0.179. The normalized spacial score (nSPS) is 11.9. The molecule has 1 aromatic carbocycles. The standard InChI is InChI=1S/C19H14F3N5O2/c1-23-17(28)11-3-4-12-14(7-11)27-16(26(2)18(12)29)9-13(25-27)10-5-6-24-15(8-10)19(20,21)22/h3-9H,1-2H3,(H,23,28). The molecule has 0 fully saturated rings. The molecule has 4 aromatic rings. The Morgan fingerprint density at radius 1 is 1.14 bits per heavy atom. The number of benzene rings is 1. The van der Waals surface area contributed by atoms with Gasteiger partial charge in [-0.1, -0.05) is 0 Å². The number of carbonyl (C=O) groups is 1. The van der Waals surface area contributed by atoms with Gasteiger partial charge in [0.25, 0.3) is 11.5 Å². The van der Waals surface area contributed by atoms with Crippen molar-refractivity contribution in [3.05, 3.63) is 64.2 Å². The van der Waals surface area contributed by atoms with Crippen molar-refractivity contribution in [1.82, 2.24) is 24.5 Å². The zero-order chi connectivity index (χ0) is 20.9. The van der Waals surface area contributed by atoms with E-state index in [2.05, 4.69) is 15.4 Å². The number of nitrogens with zero attached hydrogens (tertiary/aromatic N) is 4. The lowest BCUT2D eigenvalue weighted by molar-refractivity contribution is -0.141. The van der Waals surface area contributed by atoms with Crippen LogP contribution < -0.4 is 10.9 Å². The molecule has 29 heavy (non-hydrogen) atoms. The summed E-state index contributed by atoms with van der Waals surface area (Å²) in [4.78, 5) is 28.0. The maximum absolute atomic E-state index is 13.0. The Hall–Kier alpha value is -3.69. The molecule has 0 aliphatic carbocycles. The van der Waals surface area contributed by atoms with Gasteiger partial charge in [0.2, 0.25) is 0 Å². The van der Waals surface area contributed by atoms with Crippen molar-refractivity contribution in [2.45, 2.75) is 6.18 Å². The van der Waals surface area contributed by atoms with E-state index in [-0.39, 0.29) is 22.7 Å². The topological polar surface area (TPSA) is 81.3 Å². The van der Waals surface area contributed by atoms with Crippen molar-refractivity contribution in [2.75, 3.05) is 7.05 Å². The van der Waals surface area contributed by atoms with Crippen LogP contribution in [0.3, 0.4) is 0 Å². The van der Waals surface area contributed by atoms with Crippen LogP contribution in [0, 0.1) is 0 Å². The number of rotatable bonds is 2. The summed E-state index contributed by atoms with van der Waals surface area (Å²) in [5.74, 6) is -0.336. The highest BCUT2D eigenvalue weighted by Gasteiger charge is 2.32. The first-order valence-corrected chi connectivity index (χ1v) is 8.49. The molecule has 1 amide bonds. The number of amides is 1. The van der Waals surface area contributed by atoms with Gasteiger partial charge in [0.05, 0.1) is 16.6 Å². The van der Waals surface area contributed by atoms with E-state index in [1.54, 1.807) is 7.05 Å². The fourth-order valence-corrected chi connectivity index (χ4v) is 3.13. The van der Waals surface area contributed by atoms with Crippen molar-refractivity contribution in [3.8, 4) is 11.3 Å². The third kappa shape index (κ3) is 3.02. The van der Waals surface area contributed by atoms with Crippen LogP contribution in [0.2, 0.25) is 0 Å². The first kappa shape index (κ1) is 18.7. The monoisotopic (exact) mass is 401 g/mol. The number of alkyl halides is 3. The van der Waals surface area contributed by atoms with Crippen LogP contribution >= 0.6 is 0 Å². The van der Waals surface area contributed by atoms with Gasteiger partial charge in [-0.25, -0.2) is 4.52 Å². The minimum atomic E-state index is -4.59. The van der Waals surface area contributed by atoms with E-state index in [9.17, 15) is 22.8 Å². The van der Waals surface area contributed by atoms with Gasteiger partial charge >= 0.3 is 6.18 Å². The molecular weight excluding hydrogens is 387 g/mol. The highest BCUT2D eigenvalue weighted by molar-refractivity contribution is 5.98. The minimum absolute atomic E-state index is 0.207. The number of aromatic nitrogens is 4. The van der Waals surface area contributed by atoms with Gasteiger partial charge in [-0.2, -0.15) is 18.3 Å². The minimum Gasteiger partial charge on any atom is -0.355 e. The SMILES string of the molecule is CNC(=O)c1ccc2c(=O)n(C)c3cc(-c4ccnc(C(F)(F)F)c4)nn3c2c1. The van der Waals surface area contributed by atoms with Crippen molar-refractivity contribution in [2.24, 2.45) is 7.05 Å². The summed E-state index contributed by atoms with van der Waals surface area (Å²) in [5, 5.41) is 7.23. The smallest absolute Gasteiger partial charge is 0.355 e. The van der Waals surface area contributed by atoms with Gasteiger partial charge in [0.1, 0.15) is 11.3 Å². The molecule has 7 nitrogen and oxygen atoms in total. The second-order valence-electron chi connectivity index (χ2n) is 6.40. The predicted molar refractivity (Wildman–Crippen MR) is 99.6 cm³/mol. The average molecular weight is 401 g/mol. The third-order valence-electron chi connectivity index (χ3n) is 4.63. The molecule has 1 N–H and O–H groups in total. The lowest BCUT2D eigenvalue weighted by Gasteiger charge is -2.07. The molecule has 3 heterocycles. The fourth-order valence-electron chi connectivity index (χ4n) is 3.13. The number of hydrogen-bond acceptors (Lipinski definition) is 4. The second kappa shape index (κ2) is 6.43. The van der Waals surface area contributed by atoms with E-state index in [4.69, 9.17) is 0 Å². The van der Waals surface area contributed by atoms with E-state index >= 15 is 0 Å². The number of nitrogens with one attached hydrogen (secondary N) is 1. The fraction of sp³-hybridized carbons (Fsp3) is 0.158. The summed E-state index contributed by atoms with van der Waals surface area (Å²) in [7, 11) is 3.03. The molecule has 0 radical (unpaired) electrons. The Morgan fingerprint density at radius 3 is 2.59 bits per heavy atom. The van der Waals surface area contributed by atoms with Crippen LogP contribution in [0.15, 0.2) is 47.4 Å². The first-order chi connectivity index (χ1) is 13.7. The zero-order valence-corrected chi connectivity index (χ0v) is 15.3. The van der Waals surface area contributed by atoms with E-state index in [1.807, 2.05) is 0 Å². The van der Waals surface area contributed by atoms with Gasteiger partial charge in [0, 0.05) is 37.5 Å². The van der Waals surface area contributed by atoms with Crippen LogP contribution in [0.4, 0.5) is 13.2 Å². The van der Waals surface area contributed by atoms with Gasteiger partial charge < -0.3 is 5.32 Å². The number of aryl methyl sites for hydroxylation is 1. The molecule has 0 aliphatic heterocycles. The number of fused-ring (bicyclic) bond motifs is 3.